The van der Waals surface area contributed by atoms with Crippen LogP contribution >= 0.6 is 24.2 Å². The van der Waals surface area contributed by atoms with Crippen LogP contribution in [-0.2, 0) is 4.79 Å². The highest BCUT2D eigenvalue weighted by Crippen LogP contribution is 2.44. The molecule has 3 rings (SSSR count). The van der Waals surface area contributed by atoms with Gasteiger partial charge in [0.1, 0.15) is 0 Å². The highest BCUT2D eigenvalue weighted by molar-refractivity contribution is 7.99. The minimum absolute atomic E-state index is 0. The molecule has 1 heterocycles. The molecule has 1 amide bonds. The average molecular weight is 341 g/mol. The number of hydrogen-bond acceptors (Lipinski definition) is 3. The van der Waals surface area contributed by atoms with Gasteiger partial charge in [-0.3, -0.25) is 4.79 Å². The van der Waals surface area contributed by atoms with E-state index in [0.717, 1.165) is 31.0 Å². The topological polar surface area (TPSA) is 41.1 Å². The summed E-state index contributed by atoms with van der Waals surface area (Å²) in [5.74, 6) is 1.78. The normalized spacial score (nSPS) is 26.9. The SMILES string of the molecule is CCSc1cccc(NC(=O)[C@@]23CCCC[C@H]2CNC3)c1.Cl. The van der Waals surface area contributed by atoms with E-state index in [-0.39, 0.29) is 23.7 Å². The van der Waals surface area contributed by atoms with Crippen molar-refractivity contribution in [3.05, 3.63) is 24.3 Å². The molecule has 1 aromatic carbocycles. The Bertz CT molecular complexity index is 525. The molecule has 2 fully saturated rings. The number of hydrogen-bond donors (Lipinski definition) is 2. The summed E-state index contributed by atoms with van der Waals surface area (Å²) in [6, 6.07) is 8.20. The molecular formula is C17H25ClN2OS. The maximum Gasteiger partial charge on any atom is 0.232 e. The van der Waals surface area contributed by atoms with E-state index in [9.17, 15) is 4.79 Å². The van der Waals surface area contributed by atoms with E-state index in [0.29, 0.717) is 5.92 Å². The fourth-order valence-electron chi connectivity index (χ4n) is 3.78. The number of halogens is 1. The van der Waals surface area contributed by atoms with E-state index in [1.807, 2.05) is 12.1 Å². The highest BCUT2D eigenvalue weighted by atomic mass is 35.5. The number of carbonyl (C=O) groups excluding carboxylic acids is 1. The molecule has 2 atom stereocenters. The maximum atomic E-state index is 12.9. The molecule has 0 unspecified atom stereocenters. The highest BCUT2D eigenvalue weighted by Gasteiger charge is 2.49. The maximum absolute atomic E-state index is 12.9. The number of thioether (sulfide) groups is 1. The Morgan fingerprint density at radius 3 is 3.14 bits per heavy atom. The van der Waals surface area contributed by atoms with Crippen LogP contribution < -0.4 is 10.6 Å². The second-order valence-corrected chi connectivity index (χ2v) is 7.48. The molecule has 1 aliphatic carbocycles. The van der Waals surface area contributed by atoms with Crippen molar-refractivity contribution in [3.63, 3.8) is 0 Å². The second kappa shape index (κ2) is 7.71. The number of carbonyl (C=O) groups is 1. The minimum atomic E-state index is -0.174. The summed E-state index contributed by atoms with van der Waals surface area (Å²) in [6.45, 7) is 3.98. The van der Waals surface area contributed by atoms with Gasteiger partial charge >= 0.3 is 0 Å². The van der Waals surface area contributed by atoms with Gasteiger partial charge in [0.15, 0.2) is 0 Å². The van der Waals surface area contributed by atoms with Gasteiger partial charge in [0.25, 0.3) is 0 Å². The van der Waals surface area contributed by atoms with E-state index in [2.05, 4.69) is 29.7 Å². The van der Waals surface area contributed by atoms with Gasteiger partial charge in [-0.1, -0.05) is 25.8 Å². The Morgan fingerprint density at radius 2 is 2.32 bits per heavy atom. The van der Waals surface area contributed by atoms with Crippen molar-refractivity contribution in [2.75, 3.05) is 24.2 Å². The lowest BCUT2D eigenvalue weighted by Gasteiger charge is -2.37. The summed E-state index contributed by atoms with van der Waals surface area (Å²) in [5.41, 5.74) is 0.760. The summed E-state index contributed by atoms with van der Waals surface area (Å²) in [5, 5.41) is 6.62. The van der Waals surface area contributed by atoms with Gasteiger partial charge in [-0.05, 0) is 49.3 Å². The Kier molecular flexibility index (Phi) is 6.18. The molecule has 3 nitrogen and oxygen atoms in total. The molecule has 0 radical (unpaired) electrons. The molecule has 0 aromatic heterocycles. The van der Waals surface area contributed by atoms with Gasteiger partial charge < -0.3 is 10.6 Å². The van der Waals surface area contributed by atoms with Gasteiger partial charge in [-0.25, -0.2) is 0 Å². The van der Waals surface area contributed by atoms with Crippen molar-refractivity contribution in [2.24, 2.45) is 11.3 Å². The summed E-state index contributed by atoms with van der Waals surface area (Å²) < 4.78 is 0. The summed E-state index contributed by atoms with van der Waals surface area (Å²) in [4.78, 5) is 14.1. The molecule has 2 aliphatic rings. The van der Waals surface area contributed by atoms with E-state index >= 15 is 0 Å². The zero-order valence-corrected chi connectivity index (χ0v) is 14.7. The monoisotopic (exact) mass is 340 g/mol. The third-order valence-electron chi connectivity index (χ3n) is 4.89. The van der Waals surface area contributed by atoms with Crippen LogP contribution in [0.4, 0.5) is 5.69 Å². The molecule has 1 aliphatic heterocycles. The molecule has 122 valence electrons. The lowest BCUT2D eigenvalue weighted by Crippen LogP contribution is -2.44. The van der Waals surface area contributed by atoms with Gasteiger partial charge in [0.2, 0.25) is 5.91 Å². The molecule has 2 N–H and O–H groups in total. The van der Waals surface area contributed by atoms with Crippen LogP contribution in [0.3, 0.4) is 0 Å². The minimum Gasteiger partial charge on any atom is -0.326 e. The van der Waals surface area contributed by atoms with Crippen LogP contribution in [0.2, 0.25) is 0 Å². The largest absolute Gasteiger partial charge is 0.326 e. The van der Waals surface area contributed by atoms with Crippen molar-refractivity contribution in [1.82, 2.24) is 5.32 Å². The number of rotatable bonds is 4. The van der Waals surface area contributed by atoms with E-state index in [1.165, 1.54) is 24.2 Å². The molecule has 0 spiro atoms. The van der Waals surface area contributed by atoms with Crippen molar-refractivity contribution < 1.29 is 4.79 Å². The predicted molar refractivity (Wildman–Crippen MR) is 96.0 cm³/mol. The Balaban J connectivity index is 0.00000176. The Labute approximate surface area is 143 Å². The first kappa shape index (κ1) is 17.6. The quantitative estimate of drug-likeness (QED) is 0.816. The van der Waals surface area contributed by atoms with Gasteiger partial charge in [-0.2, -0.15) is 0 Å². The Morgan fingerprint density at radius 1 is 1.45 bits per heavy atom. The van der Waals surface area contributed by atoms with Crippen LogP contribution in [0.25, 0.3) is 0 Å². The van der Waals surface area contributed by atoms with Crippen molar-refractivity contribution in [3.8, 4) is 0 Å². The fourth-order valence-corrected chi connectivity index (χ4v) is 4.49. The first-order chi connectivity index (χ1) is 10.2. The van der Waals surface area contributed by atoms with Crippen LogP contribution in [0, 0.1) is 11.3 Å². The Hall–Kier alpha value is -0.710. The van der Waals surface area contributed by atoms with Crippen LogP contribution in [-0.4, -0.2) is 24.7 Å². The predicted octanol–water partition coefficient (Wildman–Crippen LogP) is 3.94. The first-order valence-electron chi connectivity index (χ1n) is 7.99. The zero-order chi connectivity index (χ0) is 14.7. The number of amides is 1. The first-order valence-corrected chi connectivity index (χ1v) is 8.98. The lowest BCUT2D eigenvalue weighted by atomic mass is 9.67. The van der Waals surface area contributed by atoms with Crippen molar-refractivity contribution in [1.29, 1.82) is 0 Å². The standard InChI is InChI=1S/C17H24N2OS.ClH/c1-2-21-15-8-5-7-14(10-15)19-16(20)17-9-4-3-6-13(17)11-18-12-17;/h5,7-8,10,13,18H,2-4,6,9,11-12H2,1H3,(H,19,20);1H/t13-,17+;/m0./s1. The number of anilines is 1. The smallest absolute Gasteiger partial charge is 0.232 e. The lowest BCUT2D eigenvalue weighted by molar-refractivity contribution is -0.128. The van der Waals surface area contributed by atoms with Gasteiger partial charge in [-0.15, -0.1) is 24.2 Å². The third-order valence-corrected chi connectivity index (χ3v) is 5.77. The molecule has 5 heteroatoms. The molecule has 1 saturated heterocycles. The molecular weight excluding hydrogens is 316 g/mol. The second-order valence-electron chi connectivity index (χ2n) is 6.14. The molecule has 22 heavy (non-hydrogen) atoms. The van der Waals surface area contributed by atoms with Crippen LogP contribution in [0.1, 0.15) is 32.6 Å². The summed E-state index contributed by atoms with van der Waals surface area (Å²) in [6.07, 6.45) is 4.66. The average Bonchev–Trinajstić information content (AvgIpc) is 2.93. The molecule has 1 aromatic rings. The van der Waals surface area contributed by atoms with Gasteiger partial charge in [0, 0.05) is 17.1 Å². The number of fused-ring (bicyclic) bond motifs is 1. The van der Waals surface area contributed by atoms with Crippen molar-refractivity contribution in [2.45, 2.75) is 37.5 Å². The summed E-state index contributed by atoms with van der Waals surface area (Å²) in [7, 11) is 0. The van der Waals surface area contributed by atoms with E-state index < -0.39 is 0 Å². The fraction of sp³-hybridized carbons (Fsp3) is 0.588. The van der Waals surface area contributed by atoms with E-state index in [4.69, 9.17) is 0 Å². The third kappa shape index (κ3) is 3.44. The molecule has 1 saturated carbocycles. The van der Waals surface area contributed by atoms with E-state index in [1.54, 1.807) is 11.8 Å². The molecule has 0 bridgehead atoms. The van der Waals surface area contributed by atoms with Gasteiger partial charge in [0.05, 0.1) is 5.41 Å². The number of benzene rings is 1. The number of nitrogens with one attached hydrogen (secondary N) is 2. The van der Waals surface area contributed by atoms with Crippen molar-refractivity contribution >= 4 is 35.8 Å². The zero-order valence-electron chi connectivity index (χ0n) is 13.1. The van der Waals surface area contributed by atoms with Crippen LogP contribution in [0.15, 0.2) is 29.2 Å². The summed E-state index contributed by atoms with van der Waals surface area (Å²) >= 11 is 1.81. The van der Waals surface area contributed by atoms with Crippen LogP contribution in [0.5, 0.6) is 0 Å².